The minimum absolute atomic E-state index is 0.167. The SMILES string of the molecule is CC1(C)c2ccccc2-c2ccc(C3(c4ccc5c(c4)C(C)(C)c4ccccc4-5)c4ccccc4-c4ccc(N(c5ccc(-c6ccccc6)cc5)c5cccc(-c6ccccc6)c5)cc43)cc21. The Labute approximate surface area is 400 Å². The van der Waals surface area contributed by atoms with Crippen LogP contribution in [0.2, 0.25) is 0 Å². The molecular formula is C67H51N. The van der Waals surface area contributed by atoms with E-state index in [-0.39, 0.29) is 10.8 Å². The average Bonchev–Trinajstić information content (AvgIpc) is 3.91. The molecule has 0 unspecified atom stereocenters. The molecule has 0 spiro atoms. The minimum Gasteiger partial charge on any atom is -0.310 e. The molecule has 1 nitrogen and oxygen atoms in total. The van der Waals surface area contributed by atoms with E-state index in [0.717, 1.165) is 17.1 Å². The van der Waals surface area contributed by atoms with Gasteiger partial charge >= 0.3 is 0 Å². The Balaban J connectivity index is 1.08. The molecular weight excluding hydrogens is 819 g/mol. The van der Waals surface area contributed by atoms with Gasteiger partial charge in [-0.15, -0.1) is 0 Å². The molecule has 0 bridgehead atoms. The quantitative estimate of drug-likeness (QED) is 0.154. The maximum atomic E-state index is 2.57. The standard InChI is InChI=1S/C67H51N/c1-65(2)59-27-14-11-24-53(59)56-37-32-48(41-62(56)65)67(49-33-38-57-54-25-12-15-28-60(54)66(3,4)63(57)42-49)61-29-16-13-26-55(61)58-39-36-52(43-64(58)67)68(50-34-30-46(31-35-50)44-18-7-5-8-19-44)51-23-17-22-47(40-51)45-20-9-6-10-21-45/h5-43H,1-4H3. The Morgan fingerprint density at radius 3 is 1.22 bits per heavy atom. The lowest BCUT2D eigenvalue weighted by Crippen LogP contribution is -2.30. The van der Waals surface area contributed by atoms with Gasteiger partial charge in [0.25, 0.3) is 0 Å². The van der Waals surface area contributed by atoms with E-state index in [9.17, 15) is 0 Å². The largest absolute Gasteiger partial charge is 0.310 e. The number of rotatable bonds is 7. The summed E-state index contributed by atoms with van der Waals surface area (Å²) in [5.74, 6) is 0. The lowest BCUT2D eigenvalue weighted by Gasteiger charge is -2.37. The predicted octanol–water partition coefficient (Wildman–Crippen LogP) is 17.5. The van der Waals surface area contributed by atoms with Gasteiger partial charge < -0.3 is 4.90 Å². The van der Waals surface area contributed by atoms with Gasteiger partial charge in [0.1, 0.15) is 0 Å². The van der Waals surface area contributed by atoms with Crippen molar-refractivity contribution in [1.29, 1.82) is 0 Å². The summed E-state index contributed by atoms with van der Waals surface area (Å²) in [6, 6.07) is 88.9. The molecule has 3 aliphatic carbocycles. The third kappa shape index (κ3) is 5.82. The number of anilines is 3. The van der Waals surface area contributed by atoms with E-state index in [4.69, 9.17) is 0 Å². The first-order chi connectivity index (χ1) is 33.2. The first-order valence-corrected chi connectivity index (χ1v) is 24.1. The van der Waals surface area contributed by atoms with E-state index in [1.807, 2.05) is 0 Å². The third-order valence-corrected chi connectivity index (χ3v) is 15.8. The second-order valence-corrected chi connectivity index (χ2v) is 20.1. The molecule has 0 N–H and O–H groups in total. The number of fused-ring (bicyclic) bond motifs is 9. The Morgan fingerprint density at radius 2 is 0.647 bits per heavy atom. The van der Waals surface area contributed by atoms with Crippen molar-refractivity contribution in [2.24, 2.45) is 0 Å². The van der Waals surface area contributed by atoms with Gasteiger partial charge in [-0.3, -0.25) is 0 Å². The zero-order chi connectivity index (χ0) is 45.8. The highest BCUT2D eigenvalue weighted by Gasteiger charge is 2.49. The fraction of sp³-hybridized carbons (Fsp3) is 0.104. The van der Waals surface area contributed by atoms with E-state index >= 15 is 0 Å². The van der Waals surface area contributed by atoms with Crippen LogP contribution in [0.25, 0.3) is 55.6 Å². The van der Waals surface area contributed by atoms with Crippen molar-refractivity contribution in [1.82, 2.24) is 0 Å². The Bertz CT molecular complexity index is 3510. The molecule has 0 saturated carbocycles. The van der Waals surface area contributed by atoms with Crippen LogP contribution in [0.15, 0.2) is 237 Å². The summed E-state index contributed by atoms with van der Waals surface area (Å²) in [6.07, 6.45) is 0. The number of hydrogen-bond donors (Lipinski definition) is 0. The highest BCUT2D eigenvalue weighted by Crippen LogP contribution is 2.60. The molecule has 1 heteroatoms. The van der Waals surface area contributed by atoms with Crippen molar-refractivity contribution < 1.29 is 0 Å². The highest BCUT2D eigenvalue weighted by atomic mass is 15.1. The lowest BCUT2D eigenvalue weighted by molar-refractivity contribution is 0.651. The summed E-state index contributed by atoms with van der Waals surface area (Å²) in [4.78, 5) is 2.46. The molecule has 68 heavy (non-hydrogen) atoms. The van der Waals surface area contributed by atoms with Gasteiger partial charge in [0.15, 0.2) is 0 Å². The summed E-state index contributed by atoms with van der Waals surface area (Å²) >= 11 is 0. The fourth-order valence-corrected chi connectivity index (χ4v) is 12.4. The van der Waals surface area contributed by atoms with Crippen molar-refractivity contribution in [3.63, 3.8) is 0 Å². The van der Waals surface area contributed by atoms with Gasteiger partial charge in [0.05, 0.1) is 5.41 Å². The summed E-state index contributed by atoms with van der Waals surface area (Å²) < 4.78 is 0. The molecule has 0 aromatic heterocycles. The van der Waals surface area contributed by atoms with Crippen LogP contribution < -0.4 is 4.90 Å². The topological polar surface area (TPSA) is 3.24 Å². The van der Waals surface area contributed by atoms with Gasteiger partial charge in [-0.05, 0) is 137 Å². The molecule has 324 valence electrons. The molecule has 10 aromatic carbocycles. The zero-order valence-electron chi connectivity index (χ0n) is 39.0. The van der Waals surface area contributed by atoms with Gasteiger partial charge in [0.2, 0.25) is 0 Å². The van der Waals surface area contributed by atoms with E-state index in [1.165, 1.54) is 100 Å². The Hall–Kier alpha value is -8.00. The molecule has 10 aromatic rings. The van der Waals surface area contributed by atoms with Crippen LogP contribution in [0.1, 0.15) is 72.2 Å². The summed E-state index contributed by atoms with van der Waals surface area (Å²) in [5, 5.41) is 0. The summed E-state index contributed by atoms with van der Waals surface area (Å²) in [7, 11) is 0. The smallest absolute Gasteiger partial charge is 0.0714 e. The lowest BCUT2D eigenvalue weighted by atomic mass is 9.65. The molecule has 13 rings (SSSR count). The number of nitrogens with zero attached hydrogens (tertiary/aromatic N) is 1. The normalized spacial score (nSPS) is 14.8. The molecule has 0 fully saturated rings. The highest BCUT2D eigenvalue weighted by molar-refractivity contribution is 5.92. The van der Waals surface area contributed by atoms with Gasteiger partial charge in [-0.2, -0.15) is 0 Å². The molecule has 0 atom stereocenters. The van der Waals surface area contributed by atoms with Crippen molar-refractivity contribution in [2.45, 2.75) is 43.9 Å². The molecule has 0 radical (unpaired) electrons. The second kappa shape index (κ2) is 15.0. The molecule has 0 aliphatic heterocycles. The average molecular weight is 870 g/mol. The first kappa shape index (κ1) is 40.3. The van der Waals surface area contributed by atoms with E-state index in [1.54, 1.807) is 0 Å². The third-order valence-electron chi connectivity index (χ3n) is 15.8. The van der Waals surface area contributed by atoms with E-state index < -0.39 is 5.41 Å². The summed E-state index contributed by atoms with van der Waals surface area (Å²) in [6.45, 7) is 9.62. The zero-order valence-corrected chi connectivity index (χ0v) is 39.0. The fourth-order valence-electron chi connectivity index (χ4n) is 12.4. The Kier molecular flexibility index (Phi) is 8.89. The van der Waals surface area contributed by atoms with Crippen LogP contribution in [0.4, 0.5) is 17.1 Å². The summed E-state index contributed by atoms with van der Waals surface area (Å²) in [5.41, 5.74) is 25.7. The Morgan fingerprint density at radius 1 is 0.250 bits per heavy atom. The van der Waals surface area contributed by atoms with E-state index in [2.05, 4.69) is 269 Å². The van der Waals surface area contributed by atoms with Crippen LogP contribution in [0, 0.1) is 0 Å². The van der Waals surface area contributed by atoms with Crippen molar-refractivity contribution in [3.8, 4) is 55.6 Å². The van der Waals surface area contributed by atoms with E-state index in [0.29, 0.717) is 0 Å². The molecule has 0 heterocycles. The molecule has 0 amide bonds. The number of benzene rings is 10. The monoisotopic (exact) mass is 869 g/mol. The first-order valence-electron chi connectivity index (χ1n) is 24.1. The van der Waals surface area contributed by atoms with Gasteiger partial charge in [-0.1, -0.05) is 228 Å². The van der Waals surface area contributed by atoms with Crippen LogP contribution in [0.5, 0.6) is 0 Å². The number of hydrogen-bond acceptors (Lipinski definition) is 1. The van der Waals surface area contributed by atoms with Crippen LogP contribution >= 0.6 is 0 Å². The maximum absolute atomic E-state index is 2.57. The van der Waals surface area contributed by atoms with Crippen LogP contribution in [-0.4, -0.2) is 0 Å². The minimum atomic E-state index is -0.642. The van der Waals surface area contributed by atoms with Crippen LogP contribution in [-0.2, 0) is 16.2 Å². The van der Waals surface area contributed by atoms with Crippen molar-refractivity contribution >= 4 is 17.1 Å². The van der Waals surface area contributed by atoms with Gasteiger partial charge in [0, 0.05) is 27.9 Å². The second-order valence-electron chi connectivity index (χ2n) is 20.1. The predicted molar refractivity (Wildman–Crippen MR) is 284 cm³/mol. The molecule has 3 aliphatic rings. The van der Waals surface area contributed by atoms with Gasteiger partial charge in [-0.25, -0.2) is 0 Å². The van der Waals surface area contributed by atoms with Crippen molar-refractivity contribution in [3.05, 3.63) is 281 Å². The molecule has 0 saturated heterocycles. The maximum Gasteiger partial charge on any atom is 0.0714 e. The van der Waals surface area contributed by atoms with Crippen LogP contribution in [0.3, 0.4) is 0 Å². The van der Waals surface area contributed by atoms with Crippen molar-refractivity contribution in [2.75, 3.05) is 4.90 Å².